The number of amides is 1. The molecule has 3 aliphatic rings. The second kappa shape index (κ2) is 7.13. The third-order valence-corrected chi connectivity index (χ3v) is 6.76. The van der Waals surface area contributed by atoms with Crippen LogP contribution in [0.5, 0.6) is 0 Å². The van der Waals surface area contributed by atoms with Gasteiger partial charge in [-0.15, -0.1) is 0 Å². The summed E-state index contributed by atoms with van der Waals surface area (Å²) in [6.45, 7) is 17.3. The molecule has 0 N–H and O–H groups in total. The van der Waals surface area contributed by atoms with Crippen LogP contribution >= 0.6 is 0 Å². The summed E-state index contributed by atoms with van der Waals surface area (Å²) in [6.07, 6.45) is 1.66. The second-order valence-electron chi connectivity index (χ2n) is 10.8. The number of rotatable bonds is 2. The molecule has 7 nitrogen and oxygen atoms in total. The topological polar surface area (TPSA) is 64.1 Å². The molecule has 0 saturated carbocycles. The quantitative estimate of drug-likeness (QED) is 0.693. The molecule has 0 spiro atoms. The number of fused-ring (bicyclic) bond motifs is 1. The van der Waals surface area contributed by atoms with E-state index in [9.17, 15) is 4.79 Å². The number of anilines is 1. The molecule has 1 amide bonds. The zero-order chi connectivity index (χ0) is 21.9. The van der Waals surface area contributed by atoms with E-state index in [4.69, 9.17) is 19.0 Å². The Morgan fingerprint density at radius 2 is 1.63 bits per heavy atom. The Hall–Kier alpha value is -1.80. The molecule has 0 aliphatic carbocycles. The minimum Gasteiger partial charge on any atom is -0.444 e. The maximum Gasteiger partial charge on any atom is 0.496 e. The highest BCUT2D eigenvalue weighted by Gasteiger charge is 2.52. The maximum absolute atomic E-state index is 12.4. The fraction of sp³-hybridized carbons (Fsp3) is 0.727. The van der Waals surface area contributed by atoms with E-state index >= 15 is 0 Å². The van der Waals surface area contributed by atoms with E-state index in [0.29, 0.717) is 11.8 Å². The first-order chi connectivity index (χ1) is 13.8. The smallest absolute Gasteiger partial charge is 0.444 e. The molecule has 0 unspecified atom stereocenters. The second-order valence-corrected chi connectivity index (χ2v) is 10.8. The molecule has 164 valence electrons. The van der Waals surface area contributed by atoms with Gasteiger partial charge in [0.1, 0.15) is 11.4 Å². The van der Waals surface area contributed by atoms with Gasteiger partial charge in [0.15, 0.2) is 0 Å². The molecule has 8 heteroatoms. The Kier molecular flexibility index (Phi) is 5.09. The Morgan fingerprint density at radius 3 is 2.10 bits per heavy atom. The fourth-order valence-electron chi connectivity index (χ4n) is 4.36. The Morgan fingerprint density at radius 1 is 1.07 bits per heavy atom. The number of nitrogens with zero attached hydrogens (tertiary/aromatic N) is 3. The van der Waals surface area contributed by atoms with Crippen LogP contribution in [0.2, 0.25) is 0 Å². The van der Waals surface area contributed by atoms with Crippen LogP contribution in [0.25, 0.3) is 0 Å². The molecular formula is C22H34BN3O4. The van der Waals surface area contributed by atoms with Crippen LogP contribution in [0.15, 0.2) is 18.3 Å². The predicted octanol–water partition coefficient (Wildman–Crippen LogP) is 2.68. The summed E-state index contributed by atoms with van der Waals surface area (Å²) in [4.78, 5) is 21.2. The van der Waals surface area contributed by atoms with E-state index in [1.807, 2.05) is 44.0 Å². The highest BCUT2D eigenvalue weighted by molar-refractivity contribution is 6.62. The lowest BCUT2D eigenvalue weighted by Gasteiger charge is -2.32. The van der Waals surface area contributed by atoms with Crippen molar-refractivity contribution in [2.45, 2.75) is 65.3 Å². The first-order valence-electron chi connectivity index (χ1n) is 10.9. The molecule has 2 atom stereocenters. The average Bonchev–Trinajstić information content (AvgIpc) is 3.23. The van der Waals surface area contributed by atoms with Crippen molar-refractivity contribution in [2.24, 2.45) is 11.8 Å². The minimum atomic E-state index is -0.455. The number of hydrogen-bond acceptors (Lipinski definition) is 6. The van der Waals surface area contributed by atoms with Crippen LogP contribution in [0, 0.1) is 11.8 Å². The molecule has 0 aromatic carbocycles. The lowest BCUT2D eigenvalue weighted by Crippen LogP contribution is -2.41. The third kappa shape index (κ3) is 4.04. The third-order valence-electron chi connectivity index (χ3n) is 6.76. The van der Waals surface area contributed by atoms with E-state index in [0.717, 1.165) is 37.5 Å². The van der Waals surface area contributed by atoms with Crippen LogP contribution in [-0.4, -0.2) is 66.1 Å². The molecule has 3 fully saturated rings. The van der Waals surface area contributed by atoms with Gasteiger partial charge in [-0.3, -0.25) is 0 Å². The number of aromatic nitrogens is 1. The SMILES string of the molecule is CC(C)(C)OC(=O)N1C[C@@H]2CN(c3ccc(B4OC(C)(C)C(C)(C)O4)cn3)C[C@@H]2C1. The van der Waals surface area contributed by atoms with Gasteiger partial charge in [0, 0.05) is 49.7 Å². The van der Waals surface area contributed by atoms with Gasteiger partial charge in [0.05, 0.1) is 11.2 Å². The number of carbonyl (C=O) groups is 1. The number of pyridine rings is 1. The van der Waals surface area contributed by atoms with E-state index < -0.39 is 12.7 Å². The highest BCUT2D eigenvalue weighted by atomic mass is 16.7. The predicted molar refractivity (Wildman–Crippen MR) is 117 cm³/mol. The Bertz CT molecular complexity index is 776. The van der Waals surface area contributed by atoms with Crippen LogP contribution in [-0.2, 0) is 14.0 Å². The fourth-order valence-corrected chi connectivity index (χ4v) is 4.36. The molecule has 3 aliphatic heterocycles. The van der Waals surface area contributed by atoms with Crippen molar-refractivity contribution >= 4 is 24.5 Å². The average molecular weight is 415 g/mol. The molecule has 0 radical (unpaired) electrons. The normalized spacial score (nSPS) is 27.5. The van der Waals surface area contributed by atoms with Gasteiger partial charge in [0.2, 0.25) is 0 Å². The maximum atomic E-state index is 12.4. The molecule has 4 heterocycles. The van der Waals surface area contributed by atoms with E-state index in [1.165, 1.54) is 0 Å². The number of likely N-dealkylation sites (tertiary alicyclic amines) is 1. The molecular weight excluding hydrogens is 381 g/mol. The Labute approximate surface area is 180 Å². The summed E-state index contributed by atoms with van der Waals surface area (Å²) >= 11 is 0. The molecule has 4 rings (SSSR count). The van der Waals surface area contributed by atoms with Gasteiger partial charge >= 0.3 is 13.2 Å². The zero-order valence-corrected chi connectivity index (χ0v) is 19.3. The van der Waals surface area contributed by atoms with Crippen molar-refractivity contribution in [2.75, 3.05) is 31.1 Å². The standard InChI is InChI=1S/C22H34BN3O4/c1-20(2,3)28-19(27)26-13-15-11-25(12-16(15)14-26)18-9-8-17(10-24-18)23-29-21(4,5)22(6,7)30-23/h8-10,15-16H,11-14H2,1-7H3/t15-,16+. The highest BCUT2D eigenvalue weighted by Crippen LogP contribution is 2.37. The van der Waals surface area contributed by atoms with Crippen LogP contribution in [0.3, 0.4) is 0 Å². The van der Waals surface area contributed by atoms with Crippen molar-refractivity contribution < 1.29 is 18.8 Å². The first kappa shape index (κ1) is 21.4. The van der Waals surface area contributed by atoms with Crippen molar-refractivity contribution in [3.05, 3.63) is 18.3 Å². The lowest BCUT2D eigenvalue weighted by atomic mass is 9.80. The van der Waals surface area contributed by atoms with E-state index in [1.54, 1.807) is 0 Å². The Balaban J connectivity index is 1.35. The first-order valence-corrected chi connectivity index (χ1v) is 10.9. The number of carbonyl (C=O) groups excluding carboxylic acids is 1. The summed E-state index contributed by atoms with van der Waals surface area (Å²) in [5.74, 6) is 1.89. The summed E-state index contributed by atoms with van der Waals surface area (Å²) in [5, 5.41) is 0. The zero-order valence-electron chi connectivity index (χ0n) is 19.3. The van der Waals surface area contributed by atoms with E-state index in [-0.39, 0.29) is 17.3 Å². The largest absolute Gasteiger partial charge is 0.496 e. The summed E-state index contributed by atoms with van der Waals surface area (Å²) in [7, 11) is -0.392. The van der Waals surface area contributed by atoms with E-state index in [2.05, 4.69) is 32.6 Å². The molecule has 30 heavy (non-hydrogen) atoms. The summed E-state index contributed by atoms with van der Waals surface area (Å²) in [6, 6.07) is 4.10. The summed E-state index contributed by atoms with van der Waals surface area (Å²) < 4.78 is 17.8. The summed E-state index contributed by atoms with van der Waals surface area (Å²) in [5.41, 5.74) is -0.234. The lowest BCUT2D eigenvalue weighted by molar-refractivity contribution is 0.00578. The molecule has 1 aromatic rings. The minimum absolute atomic E-state index is 0.201. The van der Waals surface area contributed by atoms with Crippen molar-refractivity contribution in [1.82, 2.24) is 9.88 Å². The molecule has 0 bridgehead atoms. The van der Waals surface area contributed by atoms with Crippen molar-refractivity contribution in [3.8, 4) is 0 Å². The molecule has 3 saturated heterocycles. The number of ether oxygens (including phenoxy) is 1. The van der Waals surface area contributed by atoms with Crippen molar-refractivity contribution in [3.63, 3.8) is 0 Å². The monoisotopic (exact) mass is 415 g/mol. The van der Waals surface area contributed by atoms with Gasteiger partial charge in [-0.25, -0.2) is 9.78 Å². The van der Waals surface area contributed by atoms with Crippen LogP contribution in [0.1, 0.15) is 48.5 Å². The van der Waals surface area contributed by atoms with Gasteiger partial charge in [-0.1, -0.05) is 6.07 Å². The number of hydrogen-bond donors (Lipinski definition) is 0. The van der Waals surface area contributed by atoms with Crippen LogP contribution in [0.4, 0.5) is 10.6 Å². The van der Waals surface area contributed by atoms with Gasteiger partial charge in [-0.05, 0) is 54.5 Å². The molecule has 1 aromatic heterocycles. The van der Waals surface area contributed by atoms with Gasteiger partial charge < -0.3 is 23.8 Å². The van der Waals surface area contributed by atoms with Crippen LogP contribution < -0.4 is 10.4 Å². The van der Waals surface area contributed by atoms with Gasteiger partial charge in [0.25, 0.3) is 0 Å². The van der Waals surface area contributed by atoms with Crippen molar-refractivity contribution in [1.29, 1.82) is 0 Å². The van der Waals surface area contributed by atoms with Gasteiger partial charge in [-0.2, -0.15) is 0 Å².